The molecular weight excluding hydrogens is 247 g/mol. The van der Waals surface area contributed by atoms with E-state index in [-0.39, 0.29) is 5.56 Å². The number of phenolic OH excluding ortho intramolecular Hbond substituents is 1. The van der Waals surface area contributed by atoms with E-state index in [4.69, 9.17) is 10.4 Å². The van der Waals surface area contributed by atoms with E-state index < -0.39 is 40.8 Å². The molecule has 0 radical (unpaired) electrons. The average molecular weight is 256 g/mol. The summed E-state index contributed by atoms with van der Waals surface area (Å²) in [7, 11) is 0. The topological polar surface area (TPSA) is 128 Å². The molecule has 0 aromatic heterocycles. The monoisotopic (exact) mass is 256 g/mol. The summed E-state index contributed by atoms with van der Waals surface area (Å²) in [5.41, 5.74) is -1.21. The van der Waals surface area contributed by atoms with Gasteiger partial charge < -0.3 is 15.3 Å². The van der Waals surface area contributed by atoms with Crippen molar-refractivity contribution in [3.05, 3.63) is 33.6 Å². The number of hydrogen-bond acceptors (Lipinski definition) is 6. The second-order valence-electron chi connectivity index (χ2n) is 3.50. The third kappa shape index (κ3) is 2.71. The maximum atomic E-state index is 13.2. The first-order valence-corrected chi connectivity index (χ1v) is 4.78. The van der Waals surface area contributed by atoms with Gasteiger partial charge in [-0.1, -0.05) is 0 Å². The van der Waals surface area contributed by atoms with Crippen molar-refractivity contribution in [3.8, 4) is 11.8 Å². The summed E-state index contributed by atoms with van der Waals surface area (Å²) in [5, 5.41) is 46.9. The molecule has 18 heavy (non-hydrogen) atoms. The first kappa shape index (κ1) is 13.8. The summed E-state index contributed by atoms with van der Waals surface area (Å²) in [5.74, 6) is -2.44. The molecule has 0 bridgehead atoms. The number of halogens is 1. The quantitative estimate of drug-likeness (QED) is 0.538. The first-order valence-electron chi connectivity index (χ1n) is 4.78. The van der Waals surface area contributed by atoms with Crippen LogP contribution in [-0.2, 0) is 0 Å². The number of nitriles is 1. The van der Waals surface area contributed by atoms with Crippen LogP contribution in [0.3, 0.4) is 0 Å². The van der Waals surface area contributed by atoms with E-state index in [9.17, 15) is 24.7 Å². The Kier molecular flexibility index (Phi) is 4.14. The lowest BCUT2D eigenvalue weighted by molar-refractivity contribution is -0.386. The van der Waals surface area contributed by atoms with Gasteiger partial charge in [-0.2, -0.15) is 5.26 Å². The summed E-state index contributed by atoms with van der Waals surface area (Å²) < 4.78 is 13.2. The van der Waals surface area contributed by atoms with Gasteiger partial charge in [0.05, 0.1) is 23.5 Å². The molecule has 1 rings (SSSR count). The number of nitrogens with zero attached hydrogens (tertiary/aromatic N) is 2. The van der Waals surface area contributed by atoms with Crippen LogP contribution in [0.4, 0.5) is 10.1 Å². The van der Waals surface area contributed by atoms with Gasteiger partial charge in [-0.3, -0.25) is 10.1 Å². The standard InChI is InChI=1S/C10H9FN2O5/c11-6-3-5(9(15)8(14)1-2-12)4-7(10(6)16)13(17)18/h3-4,8-9,14-16H,1H2. The van der Waals surface area contributed by atoms with Gasteiger partial charge in [0, 0.05) is 6.07 Å². The first-order chi connectivity index (χ1) is 8.38. The van der Waals surface area contributed by atoms with Crippen LogP contribution in [0.25, 0.3) is 0 Å². The Balaban J connectivity index is 3.19. The normalized spacial score (nSPS) is 13.7. The van der Waals surface area contributed by atoms with E-state index in [2.05, 4.69) is 0 Å². The van der Waals surface area contributed by atoms with E-state index in [1.54, 1.807) is 6.07 Å². The fourth-order valence-corrected chi connectivity index (χ4v) is 1.34. The third-order valence-corrected chi connectivity index (χ3v) is 2.27. The molecule has 0 fully saturated rings. The van der Waals surface area contributed by atoms with Gasteiger partial charge in [0.2, 0.25) is 5.75 Å². The van der Waals surface area contributed by atoms with Crippen LogP contribution in [0.15, 0.2) is 12.1 Å². The lowest BCUT2D eigenvalue weighted by atomic mass is 10.0. The van der Waals surface area contributed by atoms with E-state index >= 15 is 0 Å². The van der Waals surface area contributed by atoms with Crippen molar-refractivity contribution in [2.24, 2.45) is 0 Å². The minimum Gasteiger partial charge on any atom is -0.500 e. The number of aromatic hydroxyl groups is 1. The predicted molar refractivity (Wildman–Crippen MR) is 55.9 cm³/mol. The molecule has 1 aromatic carbocycles. The maximum absolute atomic E-state index is 13.2. The minimum atomic E-state index is -1.65. The molecule has 0 heterocycles. The number of benzene rings is 1. The van der Waals surface area contributed by atoms with Gasteiger partial charge in [0.1, 0.15) is 6.10 Å². The molecule has 0 saturated carbocycles. The van der Waals surface area contributed by atoms with Crippen LogP contribution in [-0.4, -0.2) is 26.3 Å². The summed E-state index contributed by atoms with van der Waals surface area (Å²) in [6, 6.07) is 2.99. The predicted octanol–water partition coefficient (Wildman–Crippen LogP) is 0.747. The van der Waals surface area contributed by atoms with Crippen molar-refractivity contribution < 1.29 is 24.6 Å². The fraction of sp³-hybridized carbons (Fsp3) is 0.300. The number of rotatable bonds is 4. The SMILES string of the molecule is N#CCC(O)C(O)c1cc(F)c(O)c([N+](=O)[O-])c1. The second-order valence-corrected chi connectivity index (χ2v) is 3.50. The number of hydrogen-bond donors (Lipinski definition) is 3. The molecule has 8 heteroatoms. The lowest BCUT2D eigenvalue weighted by Gasteiger charge is -2.15. The smallest absolute Gasteiger partial charge is 0.314 e. The van der Waals surface area contributed by atoms with Crippen molar-refractivity contribution >= 4 is 5.69 Å². The second kappa shape index (κ2) is 5.39. The molecule has 0 spiro atoms. The van der Waals surface area contributed by atoms with E-state index in [1.807, 2.05) is 0 Å². The maximum Gasteiger partial charge on any atom is 0.314 e. The number of nitro benzene ring substituents is 1. The molecule has 7 nitrogen and oxygen atoms in total. The van der Waals surface area contributed by atoms with Crippen LogP contribution in [0, 0.1) is 27.3 Å². The fourth-order valence-electron chi connectivity index (χ4n) is 1.34. The molecule has 0 aliphatic heterocycles. The molecular formula is C10H9FN2O5. The number of aliphatic hydroxyl groups excluding tert-OH is 2. The molecule has 0 saturated heterocycles. The van der Waals surface area contributed by atoms with E-state index in [0.29, 0.717) is 6.07 Å². The summed E-state index contributed by atoms with van der Waals surface area (Å²) in [6.07, 6.45) is -3.57. The summed E-state index contributed by atoms with van der Waals surface area (Å²) in [4.78, 5) is 9.50. The molecule has 0 aliphatic rings. The molecule has 3 N–H and O–H groups in total. The van der Waals surface area contributed by atoms with Gasteiger partial charge in [-0.05, 0) is 11.6 Å². The van der Waals surface area contributed by atoms with Gasteiger partial charge >= 0.3 is 5.69 Å². The van der Waals surface area contributed by atoms with Crippen molar-refractivity contribution in [3.63, 3.8) is 0 Å². The summed E-state index contributed by atoms with van der Waals surface area (Å²) in [6.45, 7) is 0. The Morgan fingerprint density at radius 2 is 2.11 bits per heavy atom. The zero-order valence-corrected chi connectivity index (χ0v) is 8.95. The van der Waals surface area contributed by atoms with Crippen molar-refractivity contribution in [2.75, 3.05) is 0 Å². The Hall–Kier alpha value is -2.24. The number of aliphatic hydroxyl groups is 2. The highest BCUT2D eigenvalue weighted by atomic mass is 19.1. The largest absolute Gasteiger partial charge is 0.500 e. The molecule has 96 valence electrons. The lowest BCUT2D eigenvalue weighted by Crippen LogP contribution is -2.17. The number of nitro groups is 1. The van der Waals surface area contributed by atoms with Crippen LogP contribution in [0.2, 0.25) is 0 Å². The average Bonchev–Trinajstić information content (AvgIpc) is 2.31. The minimum absolute atomic E-state index is 0.292. The zero-order chi connectivity index (χ0) is 13.9. The van der Waals surface area contributed by atoms with Gasteiger partial charge in [-0.15, -0.1) is 0 Å². The van der Waals surface area contributed by atoms with Gasteiger partial charge in [0.25, 0.3) is 0 Å². The van der Waals surface area contributed by atoms with Gasteiger partial charge in [-0.25, -0.2) is 4.39 Å². The van der Waals surface area contributed by atoms with E-state index in [0.717, 1.165) is 6.07 Å². The van der Waals surface area contributed by atoms with Crippen LogP contribution >= 0.6 is 0 Å². The van der Waals surface area contributed by atoms with Crippen LogP contribution in [0.5, 0.6) is 5.75 Å². The Labute approximate surface area is 100 Å². The van der Waals surface area contributed by atoms with Crippen LogP contribution in [0.1, 0.15) is 18.1 Å². The highest BCUT2D eigenvalue weighted by Gasteiger charge is 2.25. The van der Waals surface area contributed by atoms with E-state index in [1.165, 1.54) is 0 Å². The van der Waals surface area contributed by atoms with Crippen molar-refractivity contribution in [1.82, 2.24) is 0 Å². The highest BCUT2D eigenvalue weighted by Crippen LogP contribution is 2.33. The third-order valence-electron chi connectivity index (χ3n) is 2.27. The highest BCUT2D eigenvalue weighted by molar-refractivity contribution is 5.49. The number of phenols is 1. The Morgan fingerprint density at radius 1 is 1.50 bits per heavy atom. The molecule has 0 aliphatic carbocycles. The Bertz CT molecular complexity index is 514. The molecule has 2 unspecified atom stereocenters. The molecule has 1 aromatic rings. The van der Waals surface area contributed by atoms with Crippen molar-refractivity contribution in [2.45, 2.75) is 18.6 Å². The molecule has 2 atom stereocenters. The zero-order valence-electron chi connectivity index (χ0n) is 8.95. The Morgan fingerprint density at radius 3 is 2.61 bits per heavy atom. The van der Waals surface area contributed by atoms with Crippen molar-refractivity contribution in [1.29, 1.82) is 5.26 Å². The molecule has 0 amide bonds. The van der Waals surface area contributed by atoms with Crippen LogP contribution < -0.4 is 0 Å². The summed E-state index contributed by atoms with van der Waals surface area (Å²) >= 11 is 0. The van der Waals surface area contributed by atoms with Gasteiger partial charge in [0.15, 0.2) is 5.82 Å².